The minimum Gasteiger partial charge on any atom is -0.409 e. The van der Waals surface area contributed by atoms with E-state index in [0.717, 1.165) is 24.0 Å². The van der Waals surface area contributed by atoms with Crippen LogP contribution in [0.1, 0.15) is 36.8 Å². The molecule has 20 heavy (non-hydrogen) atoms. The van der Waals surface area contributed by atoms with Gasteiger partial charge < -0.3 is 16.3 Å². The molecule has 0 aliphatic heterocycles. The van der Waals surface area contributed by atoms with E-state index >= 15 is 0 Å². The van der Waals surface area contributed by atoms with Gasteiger partial charge in [0.2, 0.25) is 5.91 Å². The average Bonchev–Trinajstić information content (AvgIpc) is 2.96. The van der Waals surface area contributed by atoms with E-state index in [0.29, 0.717) is 19.4 Å². The lowest BCUT2D eigenvalue weighted by molar-refractivity contribution is -0.127. The first-order valence-electron chi connectivity index (χ1n) is 6.91. The van der Waals surface area contributed by atoms with Crippen molar-refractivity contribution in [2.75, 3.05) is 0 Å². The van der Waals surface area contributed by atoms with E-state index in [2.05, 4.69) is 10.5 Å². The zero-order chi connectivity index (χ0) is 14.6. The first kappa shape index (κ1) is 14.4. The number of nitrogens with one attached hydrogen (secondary N) is 1. The Labute approximate surface area is 118 Å². The van der Waals surface area contributed by atoms with Crippen molar-refractivity contribution in [3.05, 3.63) is 35.4 Å². The van der Waals surface area contributed by atoms with Gasteiger partial charge in [0, 0.05) is 6.54 Å². The lowest BCUT2D eigenvalue weighted by Gasteiger charge is -2.26. The molecule has 1 aliphatic carbocycles. The number of amides is 1. The third kappa shape index (κ3) is 2.61. The summed E-state index contributed by atoms with van der Waals surface area (Å²) in [6.07, 6.45) is 3.13. The summed E-state index contributed by atoms with van der Waals surface area (Å²) in [6.45, 7) is 2.47. The molecule has 0 unspecified atom stereocenters. The fourth-order valence-electron chi connectivity index (χ4n) is 2.83. The second kappa shape index (κ2) is 5.94. The van der Waals surface area contributed by atoms with Gasteiger partial charge in [-0.3, -0.25) is 4.79 Å². The van der Waals surface area contributed by atoms with Crippen LogP contribution in [-0.2, 0) is 11.3 Å². The van der Waals surface area contributed by atoms with Crippen molar-refractivity contribution in [3.63, 3.8) is 0 Å². The minimum absolute atomic E-state index is 0.0253. The molecule has 0 heterocycles. The van der Waals surface area contributed by atoms with Gasteiger partial charge in [-0.15, -0.1) is 0 Å². The van der Waals surface area contributed by atoms with Crippen molar-refractivity contribution in [1.82, 2.24) is 5.32 Å². The van der Waals surface area contributed by atoms with Crippen molar-refractivity contribution >= 4 is 11.7 Å². The van der Waals surface area contributed by atoms with E-state index in [-0.39, 0.29) is 11.7 Å². The maximum atomic E-state index is 12.5. The van der Waals surface area contributed by atoms with Crippen LogP contribution in [0, 0.1) is 12.3 Å². The molecule has 1 amide bonds. The molecule has 0 bridgehead atoms. The van der Waals surface area contributed by atoms with E-state index in [9.17, 15) is 4.79 Å². The highest BCUT2D eigenvalue weighted by Gasteiger charge is 2.45. The minimum atomic E-state index is -0.836. The van der Waals surface area contributed by atoms with Crippen LogP contribution in [0.5, 0.6) is 0 Å². The zero-order valence-corrected chi connectivity index (χ0v) is 11.7. The maximum Gasteiger partial charge on any atom is 0.234 e. The smallest absolute Gasteiger partial charge is 0.234 e. The van der Waals surface area contributed by atoms with Gasteiger partial charge in [0.05, 0.1) is 0 Å². The number of aryl methyl sites for hydroxylation is 1. The normalized spacial score (nSPS) is 17.9. The summed E-state index contributed by atoms with van der Waals surface area (Å²) in [6, 6.07) is 7.91. The Balaban J connectivity index is 2.09. The predicted octanol–water partition coefficient (Wildman–Crippen LogP) is 1.92. The number of hydrogen-bond acceptors (Lipinski definition) is 3. The number of carbonyl (C=O) groups excluding carboxylic acids is 1. The molecule has 0 aromatic heterocycles. The summed E-state index contributed by atoms with van der Waals surface area (Å²) in [5, 5.41) is 14.9. The van der Waals surface area contributed by atoms with Crippen molar-refractivity contribution in [1.29, 1.82) is 0 Å². The summed E-state index contributed by atoms with van der Waals surface area (Å²) in [5.41, 5.74) is 7.13. The second-order valence-electron chi connectivity index (χ2n) is 5.38. The summed E-state index contributed by atoms with van der Waals surface area (Å²) in [7, 11) is 0. The number of hydrogen-bond donors (Lipinski definition) is 3. The Kier molecular flexibility index (Phi) is 4.27. The van der Waals surface area contributed by atoms with Crippen LogP contribution in [0.4, 0.5) is 0 Å². The van der Waals surface area contributed by atoms with Gasteiger partial charge in [0.1, 0.15) is 5.41 Å². The molecule has 1 saturated carbocycles. The van der Waals surface area contributed by atoms with Gasteiger partial charge in [0.15, 0.2) is 5.84 Å². The molecule has 0 saturated heterocycles. The number of benzene rings is 1. The fourth-order valence-corrected chi connectivity index (χ4v) is 2.83. The summed E-state index contributed by atoms with van der Waals surface area (Å²) >= 11 is 0. The molecule has 0 spiro atoms. The van der Waals surface area contributed by atoms with Crippen LogP contribution >= 0.6 is 0 Å². The van der Waals surface area contributed by atoms with E-state index < -0.39 is 5.41 Å². The zero-order valence-electron chi connectivity index (χ0n) is 11.7. The molecule has 1 aromatic carbocycles. The molecule has 4 N–H and O–H groups in total. The first-order valence-corrected chi connectivity index (χ1v) is 6.91. The largest absolute Gasteiger partial charge is 0.409 e. The van der Waals surface area contributed by atoms with E-state index in [1.807, 2.05) is 31.2 Å². The van der Waals surface area contributed by atoms with Gasteiger partial charge in [0.25, 0.3) is 0 Å². The predicted molar refractivity (Wildman–Crippen MR) is 77.3 cm³/mol. The Hall–Kier alpha value is -2.04. The van der Waals surface area contributed by atoms with Crippen LogP contribution in [0.15, 0.2) is 29.4 Å². The number of rotatable bonds is 4. The summed E-state index contributed by atoms with van der Waals surface area (Å²) < 4.78 is 0. The van der Waals surface area contributed by atoms with Gasteiger partial charge in [-0.25, -0.2) is 0 Å². The van der Waals surface area contributed by atoms with E-state index in [1.54, 1.807) is 0 Å². The molecule has 1 aliphatic rings. The first-order chi connectivity index (χ1) is 9.60. The number of amidine groups is 1. The monoisotopic (exact) mass is 275 g/mol. The lowest BCUT2D eigenvalue weighted by Crippen LogP contribution is -2.48. The third-order valence-electron chi connectivity index (χ3n) is 4.19. The summed E-state index contributed by atoms with van der Waals surface area (Å²) in [5.74, 6) is -0.120. The van der Waals surface area contributed by atoms with E-state index in [4.69, 9.17) is 10.9 Å². The Bertz CT molecular complexity index is 520. The Morgan fingerprint density at radius 1 is 1.40 bits per heavy atom. The average molecular weight is 275 g/mol. The van der Waals surface area contributed by atoms with Gasteiger partial charge >= 0.3 is 0 Å². The Morgan fingerprint density at radius 3 is 2.65 bits per heavy atom. The third-order valence-corrected chi connectivity index (χ3v) is 4.19. The highest BCUT2D eigenvalue weighted by Crippen LogP contribution is 2.38. The van der Waals surface area contributed by atoms with Crippen LogP contribution in [0.25, 0.3) is 0 Å². The van der Waals surface area contributed by atoms with Gasteiger partial charge in [-0.1, -0.05) is 42.3 Å². The molecule has 1 aromatic rings. The quantitative estimate of drug-likeness (QED) is 0.339. The SMILES string of the molecule is Cc1ccccc1CNC(=O)C1(C(N)=NO)CCCC1. The topological polar surface area (TPSA) is 87.7 Å². The highest BCUT2D eigenvalue weighted by molar-refractivity contribution is 6.07. The maximum absolute atomic E-state index is 12.5. The molecule has 2 rings (SSSR count). The lowest BCUT2D eigenvalue weighted by atomic mass is 9.83. The van der Waals surface area contributed by atoms with Crippen molar-refractivity contribution in [2.24, 2.45) is 16.3 Å². The molecule has 0 atom stereocenters. The molecule has 5 nitrogen and oxygen atoms in total. The molecular formula is C15H21N3O2. The number of carbonyl (C=O) groups is 1. The van der Waals surface area contributed by atoms with Crippen LogP contribution in [-0.4, -0.2) is 17.0 Å². The van der Waals surface area contributed by atoms with Crippen molar-refractivity contribution in [3.8, 4) is 0 Å². The number of nitrogens with zero attached hydrogens (tertiary/aromatic N) is 1. The summed E-state index contributed by atoms with van der Waals surface area (Å²) in [4.78, 5) is 12.5. The molecule has 1 fully saturated rings. The molecule has 5 heteroatoms. The van der Waals surface area contributed by atoms with Crippen molar-refractivity contribution in [2.45, 2.75) is 39.2 Å². The Morgan fingerprint density at radius 2 is 2.05 bits per heavy atom. The van der Waals surface area contributed by atoms with Crippen molar-refractivity contribution < 1.29 is 10.0 Å². The number of nitrogens with two attached hydrogens (primary N) is 1. The van der Waals surface area contributed by atoms with Crippen LogP contribution in [0.2, 0.25) is 0 Å². The van der Waals surface area contributed by atoms with Gasteiger partial charge in [-0.2, -0.15) is 0 Å². The number of oxime groups is 1. The fraction of sp³-hybridized carbons (Fsp3) is 0.467. The van der Waals surface area contributed by atoms with Crippen LogP contribution in [0.3, 0.4) is 0 Å². The second-order valence-corrected chi connectivity index (χ2v) is 5.38. The van der Waals surface area contributed by atoms with Gasteiger partial charge in [-0.05, 0) is 30.9 Å². The molecular weight excluding hydrogens is 254 g/mol. The highest BCUT2D eigenvalue weighted by atomic mass is 16.4. The van der Waals surface area contributed by atoms with Crippen LogP contribution < -0.4 is 11.1 Å². The molecule has 0 radical (unpaired) electrons. The standard InChI is InChI=1S/C15H21N3O2/c1-11-6-2-3-7-12(11)10-17-14(19)15(13(16)18-20)8-4-5-9-15/h2-3,6-7,20H,4-5,8-10H2,1H3,(H2,16,18)(H,17,19). The van der Waals surface area contributed by atoms with E-state index in [1.165, 1.54) is 0 Å². The molecule has 108 valence electrons.